The van der Waals surface area contributed by atoms with E-state index in [0.717, 1.165) is 23.0 Å². The van der Waals surface area contributed by atoms with Crippen molar-refractivity contribution in [2.45, 2.75) is 12.8 Å². The Balaban J connectivity index is 2.00. The first-order valence-corrected chi connectivity index (χ1v) is 6.13. The molecular weight excluding hydrogens is 284 g/mol. The van der Waals surface area contributed by atoms with E-state index in [9.17, 15) is 4.79 Å². The van der Waals surface area contributed by atoms with Gasteiger partial charge in [0.25, 0.3) is 0 Å². The van der Waals surface area contributed by atoms with Crippen molar-refractivity contribution in [2.75, 3.05) is 0 Å². The summed E-state index contributed by atoms with van der Waals surface area (Å²) in [6.45, 7) is 0. The van der Waals surface area contributed by atoms with Crippen LogP contribution in [0, 0.1) is 5.92 Å². The third kappa shape index (κ3) is 2.00. The van der Waals surface area contributed by atoms with Crippen LogP contribution in [0.3, 0.4) is 0 Å². The van der Waals surface area contributed by atoms with Crippen LogP contribution < -0.4 is 0 Å². The highest BCUT2D eigenvalue weighted by Crippen LogP contribution is 2.32. The van der Waals surface area contributed by atoms with Gasteiger partial charge < -0.3 is 0 Å². The van der Waals surface area contributed by atoms with Crippen LogP contribution in [0.25, 0.3) is 5.69 Å². The summed E-state index contributed by atoms with van der Waals surface area (Å²) < 4.78 is 2.47. The first kappa shape index (κ1) is 10.6. The predicted octanol–water partition coefficient (Wildman–Crippen LogP) is 2.02. The zero-order valence-corrected chi connectivity index (χ0v) is 10.5. The number of hydrogen-bond acceptors (Lipinski definition) is 4. The lowest BCUT2D eigenvalue weighted by atomic mass is 10.2. The van der Waals surface area contributed by atoms with Crippen LogP contribution >= 0.6 is 15.9 Å². The molecule has 86 valence electrons. The molecule has 1 heterocycles. The molecule has 1 aromatic heterocycles. The van der Waals surface area contributed by atoms with Crippen LogP contribution in [0.5, 0.6) is 0 Å². The summed E-state index contributed by atoms with van der Waals surface area (Å²) in [6, 6.07) is 7.51. The van der Waals surface area contributed by atoms with Crippen molar-refractivity contribution in [3.63, 3.8) is 0 Å². The molecule has 0 radical (unpaired) electrons. The highest BCUT2D eigenvalue weighted by atomic mass is 79.9. The van der Waals surface area contributed by atoms with E-state index in [-0.39, 0.29) is 11.7 Å². The number of aromatic nitrogens is 4. The second-order valence-corrected chi connectivity index (χ2v) is 4.94. The minimum Gasteiger partial charge on any atom is -0.290 e. The molecule has 0 spiro atoms. The Morgan fingerprint density at radius 1 is 1.29 bits per heavy atom. The van der Waals surface area contributed by atoms with Gasteiger partial charge in [0.2, 0.25) is 11.6 Å². The maximum absolute atomic E-state index is 12.0. The van der Waals surface area contributed by atoms with Crippen molar-refractivity contribution in [3.05, 3.63) is 34.6 Å². The predicted molar refractivity (Wildman–Crippen MR) is 63.9 cm³/mol. The van der Waals surface area contributed by atoms with Gasteiger partial charge in [-0.3, -0.25) is 4.79 Å². The van der Waals surface area contributed by atoms with Crippen LogP contribution in [0.1, 0.15) is 23.5 Å². The van der Waals surface area contributed by atoms with Gasteiger partial charge in [0.05, 0.1) is 5.69 Å². The fourth-order valence-corrected chi connectivity index (χ4v) is 1.89. The van der Waals surface area contributed by atoms with E-state index in [1.165, 1.54) is 4.68 Å². The zero-order chi connectivity index (χ0) is 11.8. The molecule has 0 amide bonds. The van der Waals surface area contributed by atoms with Gasteiger partial charge in [-0.25, -0.2) is 0 Å². The molecule has 1 aromatic carbocycles. The normalized spacial score (nSPS) is 14.9. The van der Waals surface area contributed by atoms with Crippen molar-refractivity contribution in [3.8, 4) is 5.69 Å². The monoisotopic (exact) mass is 292 g/mol. The zero-order valence-electron chi connectivity index (χ0n) is 8.88. The number of carbonyl (C=O) groups is 1. The van der Waals surface area contributed by atoms with Gasteiger partial charge in [0, 0.05) is 10.4 Å². The fourth-order valence-electron chi connectivity index (χ4n) is 1.63. The molecule has 6 heteroatoms. The van der Waals surface area contributed by atoms with E-state index >= 15 is 0 Å². The third-order valence-electron chi connectivity index (χ3n) is 2.71. The SMILES string of the molecule is O=C(c1nnnn1-c1ccc(Br)cc1)C1CC1. The molecule has 1 aliphatic carbocycles. The minimum atomic E-state index is 0.0397. The second kappa shape index (κ2) is 4.03. The number of nitrogens with zero attached hydrogens (tertiary/aromatic N) is 4. The van der Waals surface area contributed by atoms with Gasteiger partial charge in [0.15, 0.2) is 0 Å². The molecule has 0 aliphatic heterocycles. The van der Waals surface area contributed by atoms with Gasteiger partial charge in [-0.05, 0) is 47.5 Å². The van der Waals surface area contributed by atoms with Crippen LogP contribution in [0.2, 0.25) is 0 Å². The van der Waals surface area contributed by atoms with Crippen molar-refractivity contribution in [2.24, 2.45) is 5.92 Å². The highest BCUT2D eigenvalue weighted by Gasteiger charge is 2.34. The summed E-state index contributed by atoms with van der Waals surface area (Å²) in [4.78, 5) is 12.0. The van der Waals surface area contributed by atoms with Crippen LogP contribution in [0.4, 0.5) is 0 Å². The Bertz CT molecular complexity index is 559. The smallest absolute Gasteiger partial charge is 0.223 e. The Labute approximate surface area is 106 Å². The first-order chi connectivity index (χ1) is 8.25. The molecule has 3 rings (SSSR count). The summed E-state index contributed by atoms with van der Waals surface area (Å²) in [5, 5.41) is 11.3. The Hall–Kier alpha value is -1.56. The Morgan fingerprint density at radius 3 is 2.65 bits per heavy atom. The van der Waals surface area contributed by atoms with Gasteiger partial charge >= 0.3 is 0 Å². The van der Waals surface area contributed by atoms with Crippen LogP contribution in [0.15, 0.2) is 28.7 Å². The van der Waals surface area contributed by atoms with Crippen molar-refractivity contribution in [1.29, 1.82) is 0 Å². The molecule has 0 N–H and O–H groups in total. The second-order valence-electron chi connectivity index (χ2n) is 4.03. The quantitative estimate of drug-likeness (QED) is 0.812. The lowest BCUT2D eigenvalue weighted by molar-refractivity contribution is 0.0954. The minimum absolute atomic E-state index is 0.0397. The maximum Gasteiger partial charge on any atom is 0.223 e. The van der Waals surface area contributed by atoms with Crippen LogP contribution in [-0.4, -0.2) is 26.0 Å². The average molecular weight is 293 g/mol. The maximum atomic E-state index is 12.0. The lowest BCUT2D eigenvalue weighted by Crippen LogP contribution is -2.11. The molecule has 17 heavy (non-hydrogen) atoms. The molecule has 0 unspecified atom stereocenters. The molecular formula is C11H9BrN4O. The number of hydrogen-bond donors (Lipinski definition) is 0. The summed E-state index contributed by atoms with van der Waals surface area (Å²) in [5.41, 5.74) is 0.794. The van der Waals surface area contributed by atoms with E-state index in [1.54, 1.807) is 0 Å². The molecule has 5 nitrogen and oxygen atoms in total. The number of tetrazole rings is 1. The lowest BCUT2D eigenvalue weighted by Gasteiger charge is -2.02. The largest absolute Gasteiger partial charge is 0.290 e. The summed E-state index contributed by atoms with van der Waals surface area (Å²) in [6.07, 6.45) is 1.90. The summed E-state index contributed by atoms with van der Waals surface area (Å²) in [5.74, 6) is 0.489. The van der Waals surface area contributed by atoms with Gasteiger partial charge in [-0.1, -0.05) is 15.9 Å². The number of ketones is 1. The van der Waals surface area contributed by atoms with E-state index in [4.69, 9.17) is 0 Å². The molecule has 1 fully saturated rings. The fraction of sp³-hybridized carbons (Fsp3) is 0.273. The highest BCUT2D eigenvalue weighted by molar-refractivity contribution is 9.10. The molecule has 2 aromatic rings. The molecule has 0 bridgehead atoms. The Kier molecular flexibility index (Phi) is 2.51. The molecule has 1 saturated carbocycles. The topological polar surface area (TPSA) is 60.7 Å². The van der Waals surface area contributed by atoms with Gasteiger partial charge in [-0.2, -0.15) is 4.68 Å². The number of rotatable bonds is 3. The van der Waals surface area contributed by atoms with Gasteiger partial charge in [-0.15, -0.1) is 5.10 Å². The first-order valence-electron chi connectivity index (χ1n) is 5.34. The number of benzene rings is 1. The number of Topliss-reactive ketones (excluding diaryl/α,β-unsaturated/α-hetero) is 1. The van der Waals surface area contributed by atoms with E-state index in [2.05, 4.69) is 31.5 Å². The number of halogens is 1. The standard InChI is InChI=1S/C11H9BrN4O/c12-8-3-5-9(6-4-8)16-11(13-14-15-16)10(17)7-1-2-7/h3-7H,1-2H2. The third-order valence-corrected chi connectivity index (χ3v) is 3.24. The Morgan fingerprint density at radius 2 is 2.00 bits per heavy atom. The molecule has 1 aliphatic rings. The molecule has 0 atom stereocenters. The van der Waals surface area contributed by atoms with Gasteiger partial charge in [0.1, 0.15) is 0 Å². The molecule has 0 saturated heterocycles. The van der Waals surface area contributed by atoms with E-state index in [0.29, 0.717) is 5.82 Å². The summed E-state index contributed by atoms with van der Waals surface area (Å²) >= 11 is 3.36. The van der Waals surface area contributed by atoms with Crippen molar-refractivity contribution < 1.29 is 4.79 Å². The number of carbonyl (C=O) groups excluding carboxylic acids is 1. The van der Waals surface area contributed by atoms with E-state index < -0.39 is 0 Å². The van der Waals surface area contributed by atoms with Crippen molar-refractivity contribution in [1.82, 2.24) is 20.2 Å². The van der Waals surface area contributed by atoms with E-state index in [1.807, 2.05) is 24.3 Å². The summed E-state index contributed by atoms with van der Waals surface area (Å²) in [7, 11) is 0. The van der Waals surface area contributed by atoms with Crippen molar-refractivity contribution >= 4 is 21.7 Å². The average Bonchev–Trinajstić information content (AvgIpc) is 3.07. The van der Waals surface area contributed by atoms with Crippen LogP contribution in [-0.2, 0) is 0 Å².